The lowest BCUT2D eigenvalue weighted by Gasteiger charge is -2.10. The number of carbonyl (C=O) groups is 1. The first-order chi connectivity index (χ1) is 10.8. The molecule has 1 atom stereocenters. The van der Waals surface area contributed by atoms with Gasteiger partial charge in [-0.1, -0.05) is 35.7 Å². The zero-order valence-corrected chi connectivity index (χ0v) is 15.1. The number of benzene rings is 1. The number of non-ortho nitro benzene ring substituents is 1. The summed E-state index contributed by atoms with van der Waals surface area (Å²) in [4.78, 5) is 21.7. The third kappa shape index (κ3) is 6.66. The predicted molar refractivity (Wildman–Crippen MR) is 89.9 cm³/mol. The molecule has 0 aromatic heterocycles. The molecular weight excluding hydrogens is 388 g/mol. The van der Waals surface area contributed by atoms with Gasteiger partial charge in [0.25, 0.3) is 15.7 Å². The van der Waals surface area contributed by atoms with E-state index in [9.17, 15) is 23.3 Å². The number of hydrogen-bond donors (Lipinski definition) is 1. The summed E-state index contributed by atoms with van der Waals surface area (Å²) < 4.78 is 26.0. The van der Waals surface area contributed by atoms with Gasteiger partial charge in [-0.05, 0) is 25.0 Å². The number of carbonyl (C=O) groups excluding carboxylic acids is 1. The standard InChI is InChI=1S/C14H19BrN2O5S/c1-2-3-4-11(15)5-10-14(18)16-23(21,22)13-8-6-12(7-9-13)17(19)20/h6-9,11H,2-5,10H2,1H3,(H,16,18). The molecule has 0 radical (unpaired) electrons. The molecule has 0 bridgehead atoms. The molecule has 23 heavy (non-hydrogen) atoms. The number of hydrogen-bond acceptors (Lipinski definition) is 5. The van der Waals surface area contributed by atoms with Crippen LogP contribution >= 0.6 is 15.9 Å². The van der Waals surface area contributed by atoms with Gasteiger partial charge < -0.3 is 0 Å². The molecule has 0 fully saturated rings. The molecule has 128 valence electrons. The van der Waals surface area contributed by atoms with Crippen molar-refractivity contribution >= 4 is 37.5 Å². The highest BCUT2D eigenvalue weighted by Crippen LogP contribution is 2.17. The van der Waals surface area contributed by atoms with Gasteiger partial charge in [0.2, 0.25) is 5.91 Å². The van der Waals surface area contributed by atoms with Crippen molar-refractivity contribution in [2.45, 2.75) is 48.8 Å². The van der Waals surface area contributed by atoms with Crippen LogP contribution in [0.4, 0.5) is 5.69 Å². The van der Waals surface area contributed by atoms with Gasteiger partial charge in [0.05, 0.1) is 9.82 Å². The summed E-state index contributed by atoms with van der Waals surface area (Å²) >= 11 is 3.46. The summed E-state index contributed by atoms with van der Waals surface area (Å²) in [6, 6.07) is 4.36. The molecule has 1 unspecified atom stereocenters. The summed E-state index contributed by atoms with van der Waals surface area (Å²) in [5.74, 6) is -0.593. The van der Waals surface area contributed by atoms with Crippen molar-refractivity contribution in [3.63, 3.8) is 0 Å². The maximum absolute atomic E-state index is 12.0. The van der Waals surface area contributed by atoms with Crippen LogP contribution in [0.1, 0.15) is 39.0 Å². The third-order valence-electron chi connectivity index (χ3n) is 3.16. The van der Waals surface area contributed by atoms with Gasteiger partial charge in [0, 0.05) is 23.4 Å². The van der Waals surface area contributed by atoms with Crippen LogP contribution in [0.2, 0.25) is 0 Å². The Morgan fingerprint density at radius 2 is 1.91 bits per heavy atom. The van der Waals surface area contributed by atoms with Crippen LogP contribution < -0.4 is 4.72 Å². The smallest absolute Gasteiger partial charge is 0.269 e. The minimum atomic E-state index is -4.00. The number of alkyl halides is 1. The maximum atomic E-state index is 12.0. The zero-order valence-electron chi connectivity index (χ0n) is 12.7. The Morgan fingerprint density at radius 1 is 1.30 bits per heavy atom. The minimum absolute atomic E-state index is 0.0891. The second-order valence-electron chi connectivity index (χ2n) is 5.06. The summed E-state index contributed by atoms with van der Waals surface area (Å²) in [5.41, 5.74) is -0.215. The second-order valence-corrected chi connectivity index (χ2v) is 8.04. The van der Waals surface area contributed by atoms with Crippen LogP contribution in [-0.4, -0.2) is 24.1 Å². The molecule has 0 saturated heterocycles. The van der Waals surface area contributed by atoms with Crippen molar-refractivity contribution in [1.29, 1.82) is 0 Å². The molecule has 0 aliphatic heterocycles. The normalized spacial score (nSPS) is 12.6. The van der Waals surface area contributed by atoms with E-state index < -0.39 is 20.9 Å². The van der Waals surface area contributed by atoms with E-state index in [4.69, 9.17) is 0 Å². The number of nitro benzene ring substituents is 1. The molecule has 1 aromatic rings. The Labute approximate surface area is 143 Å². The van der Waals surface area contributed by atoms with E-state index in [0.29, 0.717) is 6.42 Å². The number of nitrogens with one attached hydrogen (secondary N) is 1. The van der Waals surface area contributed by atoms with Crippen LogP contribution in [0.5, 0.6) is 0 Å². The average Bonchev–Trinajstić information content (AvgIpc) is 2.50. The highest BCUT2D eigenvalue weighted by molar-refractivity contribution is 9.09. The topological polar surface area (TPSA) is 106 Å². The maximum Gasteiger partial charge on any atom is 0.269 e. The van der Waals surface area contributed by atoms with E-state index in [1.165, 1.54) is 0 Å². The molecule has 0 spiro atoms. The monoisotopic (exact) mass is 406 g/mol. The highest BCUT2D eigenvalue weighted by Gasteiger charge is 2.19. The number of nitrogens with zero attached hydrogens (tertiary/aromatic N) is 1. The number of amides is 1. The van der Waals surface area contributed by atoms with Gasteiger partial charge in [0.1, 0.15) is 0 Å². The number of nitro groups is 1. The van der Waals surface area contributed by atoms with E-state index in [1.807, 2.05) is 4.72 Å². The molecule has 1 aromatic carbocycles. The van der Waals surface area contributed by atoms with Crippen molar-refractivity contribution in [2.24, 2.45) is 0 Å². The van der Waals surface area contributed by atoms with Gasteiger partial charge in [-0.3, -0.25) is 14.9 Å². The Hall–Kier alpha value is -1.48. The zero-order chi connectivity index (χ0) is 17.5. The first-order valence-electron chi connectivity index (χ1n) is 7.20. The molecule has 0 heterocycles. The molecule has 0 aliphatic rings. The summed E-state index contributed by atoms with van der Waals surface area (Å²) in [6.45, 7) is 2.07. The summed E-state index contributed by atoms with van der Waals surface area (Å²) in [5, 5.41) is 10.5. The number of halogens is 1. The van der Waals surface area contributed by atoms with E-state index in [0.717, 1.165) is 43.5 Å². The Morgan fingerprint density at radius 3 is 2.43 bits per heavy atom. The predicted octanol–water partition coefficient (Wildman–Crippen LogP) is 3.13. The average molecular weight is 407 g/mol. The van der Waals surface area contributed by atoms with Crippen molar-refractivity contribution < 1.29 is 18.1 Å². The number of unbranched alkanes of at least 4 members (excludes halogenated alkanes) is 1. The summed E-state index contributed by atoms with van der Waals surface area (Å²) in [7, 11) is -4.00. The number of sulfonamides is 1. The number of rotatable bonds is 9. The second kappa shape index (κ2) is 8.97. The molecule has 1 N–H and O–H groups in total. The van der Waals surface area contributed by atoms with Crippen molar-refractivity contribution in [3.05, 3.63) is 34.4 Å². The minimum Gasteiger partial charge on any atom is -0.274 e. The lowest BCUT2D eigenvalue weighted by molar-refractivity contribution is -0.384. The fraction of sp³-hybridized carbons (Fsp3) is 0.500. The Balaban J connectivity index is 2.60. The van der Waals surface area contributed by atoms with Crippen LogP contribution in [0, 0.1) is 10.1 Å². The van der Waals surface area contributed by atoms with Gasteiger partial charge in [-0.2, -0.15) is 0 Å². The van der Waals surface area contributed by atoms with E-state index in [1.54, 1.807) is 0 Å². The van der Waals surface area contributed by atoms with E-state index in [-0.39, 0.29) is 21.8 Å². The molecule has 0 aliphatic carbocycles. The SMILES string of the molecule is CCCCC(Br)CCC(=O)NS(=O)(=O)c1ccc([N+](=O)[O-])cc1. The van der Waals surface area contributed by atoms with Gasteiger partial charge >= 0.3 is 0 Å². The fourth-order valence-electron chi connectivity index (χ4n) is 1.86. The van der Waals surface area contributed by atoms with Crippen LogP contribution in [0.3, 0.4) is 0 Å². The van der Waals surface area contributed by atoms with Crippen molar-refractivity contribution in [1.82, 2.24) is 4.72 Å². The lowest BCUT2D eigenvalue weighted by Crippen LogP contribution is -2.30. The first-order valence-corrected chi connectivity index (χ1v) is 9.60. The van der Waals surface area contributed by atoms with E-state index in [2.05, 4.69) is 22.9 Å². The lowest BCUT2D eigenvalue weighted by atomic mass is 10.1. The molecule has 7 nitrogen and oxygen atoms in total. The summed E-state index contributed by atoms with van der Waals surface area (Å²) in [6.07, 6.45) is 3.66. The van der Waals surface area contributed by atoms with Crippen LogP contribution in [0.25, 0.3) is 0 Å². The molecular formula is C14H19BrN2O5S. The van der Waals surface area contributed by atoms with Gasteiger partial charge in [-0.15, -0.1) is 0 Å². The molecule has 1 amide bonds. The van der Waals surface area contributed by atoms with Crippen molar-refractivity contribution in [3.8, 4) is 0 Å². The van der Waals surface area contributed by atoms with Crippen LogP contribution in [-0.2, 0) is 14.8 Å². The van der Waals surface area contributed by atoms with E-state index >= 15 is 0 Å². The Bertz CT molecular complexity index is 646. The largest absolute Gasteiger partial charge is 0.274 e. The fourth-order valence-corrected chi connectivity index (χ4v) is 3.43. The first kappa shape index (κ1) is 19.6. The molecule has 0 saturated carbocycles. The third-order valence-corrected chi connectivity index (χ3v) is 5.47. The highest BCUT2D eigenvalue weighted by atomic mass is 79.9. The quantitative estimate of drug-likeness (QED) is 0.385. The van der Waals surface area contributed by atoms with Gasteiger partial charge in [0.15, 0.2) is 0 Å². The van der Waals surface area contributed by atoms with Crippen molar-refractivity contribution in [2.75, 3.05) is 0 Å². The molecule has 9 heteroatoms. The Kier molecular flexibility index (Phi) is 7.63. The van der Waals surface area contributed by atoms with Gasteiger partial charge in [-0.25, -0.2) is 13.1 Å². The van der Waals surface area contributed by atoms with Crippen LogP contribution in [0.15, 0.2) is 29.2 Å². The molecule has 1 rings (SSSR count).